The van der Waals surface area contributed by atoms with Gasteiger partial charge in [0.05, 0.1) is 12.0 Å². The minimum atomic E-state index is 0.000515. The van der Waals surface area contributed by atoms with E-state index in [1.54, 1.807) is 0 Å². The van der Waals surface area contributed by atoms with Gasteiger partial charge < -0.3 is 9.42 Å². The van der Waals surface area contributed by atoms with Crippen LogP contribution in [0.2, 0.25) is 0 Å². The average Bonchev–Trinajstić information content (AvgIpc) is 2.98. The topological polar surface area (TPSA) is 62.5 Å². The van der Waals surface area contributed by atoms with Gasteiger partial charge in [0.15, 0.2) is 5.82 Å². The molecule has 1 aromatic rings. The van der Waals surface area contributed by atoms with Crippen molar-refractivity contribution in [3.05, 3.63) is 11.7 Å². The van der Waals surface area contributed by atoms with Crippen LogP contribution in [-0.4, -0.2) is 52.0 Å². The number of piperazine rings is 1. The summed E-state index contributed by atoms with van der Waals surface area (Å²) in [7, 11) is 0. The van der Waals surface area contributed by atoms with Gasteiger partial charge in [-0.25, -0.2) is 0 Å². The monoisotopic (exact) mass is 344 g/mol. The van der Waals surface area contributed by atoms with Gasteiger partial charge in [0.1, 0.15) is 0 Å². The molecule has 5 aliphatic rings. The maximum Gasteiger partial charge on any atom is 0.240 e. The first-order valence-corrected chi connectivity index (χ1v) is 9.90. The zero-order valence-electron chi connectivity index (χ0n) is 15.1. The van der Waals surface area contributed by atoms with E-state index in [0.717, 1.165) is 43.9 Å². The van der Waals surface area contributed by atoms with Gasteiger partial charge in [-0.2, -0.15) is 4.98 Å². The second-order valence-corrected chi connectivity index (χ2v) is 9.00. The van der Waals surface area contributed by atoms with Crippen LogP contribution >= 0.6 is 0 Å². The molecular weight excluding hydrogens is 316 g/mol. The predicted molar refractivity (Wildman–Crippen MR) is 91.5 cm³/mol. The van der Waals surface area contributed by atoms with Crippen molar-refractivity contribution in [1.29, 1.82) is 0 Å². The number of aromatic nitrogens is 2. The van der Waals surface area contributed by atoms with Crippen LogP contribution in [0.4, 0.5) is 0 Å². The van der Waals surface area contributed by atoms with Gasteiger partial charge >= 0.3 is 0 Å². The lowest BCUT2D eigenvalue weighted by Gasteiger charge is -2.57. The summed E-state index contributed by atoms with van der Waals surface area (Å²) in [5, 5.41) is 3.85. The molecule has 0 spiro atoms. The van der Waals surface area contributed by atoms with Crippen LogP contribution in [0.15, 0.2) is 4.52 Å². The van der Waals surface area contributed by atoms with E-state index in [4.69, 9.17) is 4.52 Å². The van der Waals surface area contributed by atoms with Gasteiger partial charge in [-0.1, -0.05) is 5.16 Å². The quantitative estimate of drug-likeness (QED) is 0.841. The number of nitrogens with zero attached hydrogens (tertiary/aromatic N) is 4. The molecule has 0 radical (unpaired) electrons. The molecule has 25 heavy (non-hydrogen) atoms. The van der Waals surface area contributed by atoms with E-state index in [1.807, 2.05) is 6.92 Å². The number of hydrogen-bond donors (Lipinski definition) is 0. The smallest absolute Gasteiger partial charge is 0.240 e. The van der Waals surface area contributed by atoms with Gasteiger partial charge in [0.2, 0.25) is 11.8 Å². The van der Waals surface area contributed by atoms with E-state index in [9.17, 15) is 4.79 Å². The lowest BCUT2D eigenvalue weighted by Crippen LogP contribution is -2.58. The number of amides is 1. The van der Waals surface area contributed by atoms with Gasteiger partial charge in [-0.05, 0) is 63.2 Å². The fourth-order valence-electron chi connectivity index (χ4n) is 6.41. The van der Waals surface area contributed by atoms with Crippen LogP contribution in [0.25, 0.3) is 0 Å². The highest BCUT2D eigenvalue weighted by atomic mass is 16.5. The van der Waals surface area contributed by atoms with Gasteiger partial charge in [0, 0.05) is 26.2 Å². The van der Waals surface area contributed by atoms with Crippen molar-refractivity contribution in [2.24, 2.45) is 23.2 Å². The Bertz CT molecular complexity index is 627. The molecule has 0 N–H and O–H groups in total. The second kappa shape index (κ2) is 5.79. The molecule has 1 aliphatic heterocycles. The van der Waals surface area contributed by atoms with Crippen LogP contribution in [0.3, 0.4) is 0 Å². The average molecular weight is 344 g/mol. The molecule has 4 bridgehead atoms. The number of carbonyl (C=O) groups excluding carboxylic acids is 1. The SMILES string of the molecule is Cc1noc(CN2CCN(C(=O)C34CC5CC(CC(C5)C3)C4)CC2)n1. The van der Waals surface area contributed by atoms with Crippen molar-refractivity contribution in [3.63, 3.8) is 0 Å². The van der Waals surface area contributed by atoms with E-state index in [2.05, 4.69) is 19.9 Å². The summed E-state index contributed by atoms with van der Waals surface area (Å²) in [6.45, 7) is 6.02. The van der Waals surface area contributed by atoms with Gasteiger partial charge in [-0.15, -0.1) is 0 Å². The Hall–Kier alpha value is -1.43. The third-order valence-electron chi connectivity index (χ3n) is 7.08. The van der Waals surface area contributed by atoms with Crippen LogP contribution in [-0.2, 0) is 11.3 Å². The number of carbonyl (C=O) groups is 1. The lowest BCUT2D eigenvalue weighted by atomic mass is 9.49. The Labute approximate surface area is 148 Å². The molecule has 136 valence electrons. The molecule has 2 heterocycles. The molecule has 0 unspecified atom stereocenters. The van der Waals surface area contributed by atoms with E-state index in [-0.39, 0.29) is 5.41 Å². The third kappa shape index (κ3) is 2.78. The maximum atomic E-state index is 13.4. The zero-order valence-corrected chi connectivity index (χ0v) is 15.1. The van der Waals surface area contributed by atoms with Gasteiger partial charge in [-0.3, -0.25) is 9.69 Å². The molecule has 1 amide bonds. The summed E-state index contributed by atoms with van der Waals surface area (Å²) < 4.78 is 5.22. The Morgan fingerprint density at radius 2 is 1.68 bits per heavy atom. The van der Waals surface area contributed by atoms with Crippen molar-refractivity contribution in [2.75, 3.05) is 26.2 Å². The molecule has 6 rings (SSSR count). The first kappa shape index (κ1) is 15.8. The second-order valence-electron chi connectivity index (χ2n) is 9.00. The standard InChI is InChI=1S/C19H28N4O2/c1-13-20-17(25-21-13)12-22-2-4-23(5-3-22)18(24)19-9-14-6-15(10-19)8-16(7-14)11-19/h14-16H,2-12H2,1H3. The highest BCUT2D eigenvalue weighted by Crippen LogP contribution is 2.60. The van der Waals surface area contributed by atoms with E-state index < -0.39 is 0 Å². The number of hydrogen-bond acceptors (Lipinski definition) is 5. The molecule has 6 nitrogen and oxygen atoms in total. The Morgan fingerprint density at radius 3 is 2.20 bits per heavy atom. The van der Waals surface area contributed by atoms with Crippen molar-refractivity contribution in [2.45, 2.75) is 52.0 Å². The number of rotatable bonds is 3. The molecule has 0 atom stereocenters. The van der Waals surface area contributed by atoms with E-state index in [1.165, 1.54) is 38.5 Å². The summed E-state index contributed by atoms with van der Waals surface area (Å²) >= 11 is 0. The van der Waals surface area contributed by atoms with Crippen molar-refractivity contribution < 1.29 is 9.32 Å². The summed E-state index contributed by atoms with van der Waals surface area (Å²) in [6, 6.07) is 0. The minimum absolute atomic E-state index is 0.000515. The van der Waals surface area contributed by atoms with Crippen LogP contribution < -0.4 is 0 Å². The first-order chi connectivity index (χ1) is 12.1. The summed E-state index contributed by atoms with van der Waals surface area (Å²) in [4.78, 5) is 22.1. The zero-order chi connectivity index (χ0) is 17.0. The summed E-state index contributed by atoms with van der Waals surface area (Å²) in [6.07, 6.45) is 7.68. The molecule has 4 saturated carbocycles. The highest BCUT2D eigenvalue weighted by molar-refractivity contribution is 5.83. The fourth-order valence-corrected chi connectivity index (χ4v) is 6.41. The lowest BCUT2D eigenvalue weighted by molar-refractivity contribution is -0.159. The maximum absolute atomic E-state index is 13.4. The van der Waals surface area contributed by atoms with E-state index >= 15 is 0 Å². The summed E-state index contributed by atoms with van der Waals surface area (Å²) in [5.41, 5.74) is 0.000515. The molecule has 5 fully saturated rings. The van der Waals surface area contributed by atoms with Gasteiger partial charge in [0.25, 0.3) is 0 Å². The van der Waals surface area contributed by atoms with Crippen molar-refractivity contribution in [3.8, 4) is 0 Å². The molecule has 4 aliphatic carbocycles. The van der Waals surface area contributed by atoms with E-state index in [0.29, 0.717) is 24.2 Å². The van der Waals surface area contributed by atoms with Crippen LogP contribution in [0.1, 0.15) is 50.2 Å². The van der Waals surface area contributed by atoms with Crippen molar-refractivity contribution in [1.82, 2.24) is 19.9 Å². The minimum Gasteiger partial charge on any atom is -0.340 e. The highest BCUT2D eigenvalue weighted by Gasteiger charge is 2.55. The van der Waals surface area contributed by atoms with Crippen molar-refractivity contribution >= 4 is 5.91 Å². The normalized spacial score (nSPS) is 37.6. The third-order valence-corrected chi connectivity index (χ3v) is 7.08. The van der Waals surface area contributed by atoms with Crippen LogP contribution in [0.5, 0.6) is 0 Å². The molecule has 6 heteroatoms. The Kier molecular flexibility index (Phi) is 3.66. The molecule has 1 saturated heterocycles. The summed E-state index contributed by atoms with van der Waals surface area (Å²) in [5.74, 6) is 4.33. The first-order valence-electron chi connectivity index (χ1n) is 9.90. The Balaban J connectivity index is 1.21. The molecule has 1 aromatic heterocycles. The molecular formula is C19H28N4O2. The fraction of sp³-hybridized carbons (Fsp3) is 0.842. The Morgan fingerprint density at radius 1 is 1.08 bits per heavy atom. The predicted octanol–water partition coefficient (Wildman–Crippen LogP) is 2.24. The number of aryl methyl sites for hydroxylation is 1. The van der Waals surface area contributed by atoms with Crippen LogP contribution in [0, 0.1) is 30.1 Å². The largest absolute Gasteiger partial charge is 0.340 e. The molecule has 0 aromatic carbocycles.